The van der Waals surface area contributed by atoms with Crippen molar-refractivity contribution in [3.05, 3.63) is 60.2 Å². The highest BCUT2D eigenvalue weighted by Gasteiger charge is 2.34. The maximum Gasteiger partial charge on any atom is 0.264 e. The average molecular weight is 423 g/mol. The maximum absolute atomic E-state index is 12.4. The van der Waals surface area contributed by atoms with E-state index in [2.05, 4.69) is 10.6 Å². The third-order valence-electron chi connectivity index (χ3n) is 5.33. The molecule has 2 aliphatic rings. The minimum absolute atomic E-state index is 0.0213. The van der Waals surface area contributed by atoms with Crippen LogP contribution in [0.1, 0.15) is 12.0 Å². The molecule has 2 N–H and O–H groups in total. The third-order valence-corrected chi connectivity index (χ3v) is 5.33. The van der Waals surface area contributed by atoms with Gasteiger partial charge in [-0.3, -0.25) is 14.4 Å². The first kappa shape index (κ1) is 20.7. The Hall–Kier alpha value is -3.55. The lowest BCUT2D eigenvalue weighted by Gasteiger charge is -2.25. The van der Waals surface area contributed by atoms with E-state index in [0.717, 1.165) is 5.56 Å². The summed E-state index contributed by atoms with van der Waals surface area (Å²) in [4.78, 5) is 38.7. The molecule has 0 unspecified atom stereocenters. The SMILES string of the molecule is O=C(NCCNC(=O)[C@@H]1COc2ccccc2O1)[C@@H]1CC(=O)N(Cc2ccccc2)C1. The maximum atomic E-state index is 12.4. The zero-order chi connectivity index (χ0) is 21.6. The molecule has 2 aromatic carbocycles. The Bertz CT molecular complexity index is 949. The van der Waals surface area contributed by atoms with Crippen molar-refractivity contribution >= 4 is 17.7 Å². The van der Waals surface area contributed by atoms with Gasteiger partial charge in [0.25, 0.3) is 5.91 Å². The minimum atomic E-state index is -0.732. The van der Waals surface area contributed by atoms with Gasteiger partial charge in [-0.1, -0.05) is 42.5 Å². The van der Waals surface area contributed by atoms with E-state index in [1.54, 1.807) is 17.0 Å². The van der Waals surface area contributed by atoms with Gasteiger partial charge in [-0.05, 0) is 17.7 Å². The van der Waals surface area contributed by atoms with E-state index < -0.39 is 6.10 Å². The molecule has 8 nitrogen and oxygen atoms in total. The zero-order valence-corrected chi connectivity index (χ0v) is 17.1. The molecular formula is C23H25N3O5. The first-order chi connectivity index (χ1) is 15.1. The fourth-order valence-corrected chi connectivity index (χ4v) is 3.68. The highest BCUT2D eigenvalue weighted by atomic mass is 16.6. The van der Waals surface area contributed by atoms with Crippen LogP contribution in [0.25, 0.3) is 0 Å². The van der Waals surface area contributed by atoms with Crippen molar-refractivity contribution < 1.29 is 23.9 Å². The Morgan fingerprint density at radius 1 is 0.935 bits per heavy atom. The predicted octanol–water partition coefficient (Wildman–Crippen LogP) is 1.11. The molecule has 0 aliphatic carbocycles. The second kappa shape index (κ2) is 9.51. The van der Waals surface area contributed by atoms with Gasteiger partial charge in [-0.15, -0.1) is 0 Å². The van der Waals surface area contributed by atoms with Crippen LogP contribution in [-0.2, 0) is 20.9 Å². The van der Waals surface area contributed by atoms with E-state index in [-0.39, 0.29) is 49.8 Å². The number of carbonyl (C=O) groups is 3. The molecule has 3 amide bonds. The lowest BCUT2D eigenvalue weighted by molar-refractivity contribution is -0.130. The van der Waals surface area contributed by atoms with Crippen LogP contribution in [0.2, 0.25) is 0 Å². The second-order valence-electron chi connectivity index (χ2n) is 7.61. The molecular weight excluding hydrogens is 398 g/mol. The number of hydrogen-bond donors (Lipinski definition) is 2. The fraction of sp³-hybridized carbons (Fsp3) is 0.348. The summed E-state index contributed by atoms with van der Waals surface area (Å²) in [5.74, 6) is 0.281. The lowest BCUT2D eigenvalue weighted by Crippen LogP contribution is -2.46. The highest BCUT2D eigenvalue weighted by Crippen LogP contribution is 2.30. The van der Waals surface area contributed by atoms with Crippen LogP contribution in [0.15, 0.2) is 54.6 Å². The summed E-state index contributed by atoms with van der Waals surface area (Å²) in [6, 6.07) is 16.9. The summed E-state index contributed by atoms with van der Waals surface area (Å²) < 4.78 is 11.2. The van der Waals surface area contributed by atoms with Crippen molar-refractivity contribution in [2.75, 3.05) is 26.2 Å². The molecule has 2 aromatic rings. The highest BCUT2D eigenvalue weighted by molar-refractivity contribution is 5.89. The molecule has 0 spiro atoms. The summed E-state index contributed by atoms with van der Waals surface area (Å²) >= 11 is 0. The molecule has 0 bridgehead atoms. The zero-order valence-electron chi connectivity index (χ0n) is 17.1. The fourth-order valence-electron chi connectivity index (χ4n) is 3.68. The van der Waals surface area contributed by atoms with Crippen LogP contribution in [0.4, 0.5) is 0 Å². The van der Waals surface area contributed by atoms with Gasteiger partial charge in [0.2, 0.25) is 17.9 Å². The molecule has 162 valence electrons. The number of nitrogens with zero attached hydrogens (tertiary/aromatic N) is 1. The van der Waals surface area contributed by atoms with Crippen molar-refractivity contribution in [2.45, 2.75) is 19.1 Å². The van der Waals surface area contributed by atoms with E-state index in [0.29, 0.717) is 24.6 Å². The quantitative estimate of drug-likeness (QED) is 0.651. The number of carbonyl (C=O) groups excluding carboxylic acids is 3. The third kappa shape index (κ3) is 5.14. The molecule has 1 fully saturated rings. The number of para-hydroxylation sites is 2. The number of benzene rings is 2. The van der Waals surface area contributed by atoms with Crippen molar-refractivity contribution in [3.8, 4) is 11.5 Å². The van der Waals surface area contributed by atoms with Gasteiger partial charge in [0.15, 0.2) is 11.5 Å². The largest absolute Gasteiger partial charge is 0.485 e. The van der Waals surface area contributed by atoms with Gasteiger partial charge in [0.05, 0.1) is 5.92 Å². The van der Waals surface area contributed by atoms with E-state index in [4.69, 9.17) is 9.47 Å². The van der Waals surface area contributed by atoms with Crippen LogP contribution in [0.3, 0.4) is 0 Å². The van der Waals surface area contributed by atoms with Gasteiger partial charge < -0.3 is 25.0 Å². The second-order valence-corrected chi connectivity index (χ2v) is 7.61. The number of ether oxygens (including phenoxy) is 2. The number of likely N-dealkylation sites (tertiary alicyclic amines) is 1. The van der Waals surface area contributed by atoms with E-state index in [1.165, 1.54) is 0 Å². The Morgan fingerprint density at radius 2 is 1.61 bits per heavy atom. The normalized spacial score (nSPS) is 19.7. The number of rotatable bonds is 7. The Labute approximate surface area is 180 Å². The van der Waals surface area contributed by atoms with Gasteiger partial charge >= 0.3 is 0 Å². The van der Waals surface area contributed by atoms with Crippen molar-refractivity contribution in [2.24, 2.45) is 5.92 Å². The van der Waals surface area contributed by atoms with Crippen LogP contribution < -0.4 is 20.1 Å². The first-order valence-electron chi connectivity index (χ1n) is 10.4. The molecule has 4 rings (SSSR count). The van der Waals surface area contributed by atoms with Gasteiger partial charge in [-0.2, -0.15) is 0 Å². The van der Waals surface area contributed by atoms with E-state index in [1.807, 2.05) is 42.5 Å². The Morgan fingerprint density at radius 3 is 2.39 bits per heavy atom. The lowest BCUT2D eigenvalue weighted by atomic mass is 10.1. The molecule has 1 saturated heterocycles. The number of nitrogens with one attached hydrogen (secondary N) is 2. The van der Waals surface area contributed by atoms with Gasteiger partial charge in [-0.25, -0.2) is 0 Å². The minimum Gasteiger partial charge on any atom is -0.485 e. The molecule has 2 aliphatic heterocycles. The van der Waals surface area contributed by atoms with Crippen molar-refractivity contribution in [1.82, 2.24) is 15.5 Å². The van der Waals surface area contributed by atoms with Crippen LogP contribution in [0.5, 0.6) is 11.5 Å². The van der Waals surface area contributed by atoms with Crippen LogP contribution in [0, 0.1) is 5.92 Å². The monoisotopic (exact) mass is 423 g/mol. The van der Waals surface area contributed by atoms with Crippen molar-refractivity contribution in [3.63, 3.8) is 0 Å². The Balaban J connectivity index is 1.17. The molecule has 2 atom stereocenters. The summed E-state index contributed by atoms with van der Waals surface area (Å²) in [6.07, 6.45) is -0.526. The molecule has 0 radical (unpaired) electrons. The Kier molecular flexibility index (Phi) is 6.35. The van der Waals surface area contributed by atoms with E-state index in [9.17, 15) is 14.4 Å². The molecule has 2 heterocycles. The standard InChI is InChI=1S/C23H25N3O5/c27-21-12-17(14-26(21)13-16-6-2-1-3-7-16)22(28)24-10-11-25-23(29)20-15-30-18-8-4-5-9-19(18)31-20/h1-9,17,20H,10-15H2,(H,24,28)(H,25,29)/t17-,20+/m1/s1. The number of fused-ring (bicyclic) bond motifs is 1. The predicted molar refractivity (Wildman–Crippen MR) is 112 cm³/mol. The molecule has 0 aromatic heterocycles. The summed E-state index contributed by atoms with van der Waals surface area (Å²) in [5.41, 5.74) is 1.04. The average Bonchev–Trinajstić information content (AvgIpc) is 3.17. The van der Waals surface area contributed by atoms with Crippen LogP contribution >= 0.6 is 0 Å². The van der Waals surface area contributed by atoms with Crippen molar-refractivity contribution in [1.29, 1.82) is 0 Å². The topological polar surface area (TPSA) is 97.0 Å². The van der Waals surface area contributed by atoms with Gasteiger partial charge in [0, 0.05) is 32.6 Å². The van der Waals surface area contributed by atoms with E-state index >= 15 is 0 Å². The number of hydrogen-bond acceptors (Lipinski definition) is 5. The molecule has 8 heteroatoms. The summed E-state index contributed by atoms with van der Waals surface area (Å²) in [5, 5.41) is 5.54. The molecule has 31 heavy (non-hydrogen) atoms. The van der Waals surface area contributed by atoms with Crippen LogP contribution in [-0.4, -0.2) is 55.0 Å². The first-order valence-corrected chi connectivity index (χ1v) is 10.4. The van der Waals surface area contributed by atoms with Gasteiger partial charge in [0.1, 0.15) is 6.61 Å². The smallest absolute Gasteiger partial charge is 0.264 e. The summed E-state index contributed by atoms with van der Waals surface area (Å²) in [7, 11) is 0. The number of amides is 3. The molecule has 0 saturated carbocycles. The summed E-state index contributed by atoms with van der Waals surface area (Å²) in [6.45, 7) is 1.58.